The molecule has 3 unspecified atom stereocenters. The summed E-state index contributed by atoms with van der Waals surface area (Å²) in [5.74, 6) is -0.560. The lowest BCUT2D eigenvalue weighted by Gasteiger charge is -2.27. The van der Waals surface area contributed by atoms with E-state index in [-0.39, 0.29) is 31.5 Å². The molecule has 0 heterocycles. The molecule has 0 bridgehead atoms. The van der Waals surface area contributed by atoms with Crippen molar-refractivity contribution in [3.8, 4) is 0 Å². The maximum absolute atomic E-state index is 13.5. The summed E-state index contributed by atoms with van der Waals surface area (Å²) in [6.07, 6.45) is 73.7. The van der Waals surface area contributed by atoms with Gasteiger partial charge in [-0.2, -0.15) is 0 Å². The molecule has 430 valence electrons. The third kappa shape index (κ3) is 55.2. The number of ether oxygens (including phenoxy) is 1. The Morgan fingerprint density at radius 3 is 1.31 bits per heavy atom. The summed E-state index contributed by atoms with van der Waals surface area (Å²) in [4.78, 5) is 37.6. The molecule has 0 saturated heterocycles. The molecule has 0 aromatic rings. The fraction of sp³-hybridized carbons (Fsp3) is 0.692. The van der Waals surface area contributed by atoms with Crippen LogP contribution in [0.1, 0.15) is 239 Å². The summed E-state index contributed by atoms with van der Waals surface area (Å²) < 4.78 is 30.6. The standard InChI is InChI=1S/C65H113N2O7P/c1-7-10-13-16-19-22-25-27-29-31-32-33-34-36-38-40-43-46-49-52-55-58-65(69)74-63(56-53-50-47-44-41-24-21-18-15-12-9-3)62(61-73-75(70,71)72-60-59-67(4,5)6)66-64(68)57-54-51-48-45-42-39-37-35-30-28-26-23-20-17-14-11-8-2/h10,13,19-20,22-23,27-30,32-33,36-39,53,56,62-63H,7-9,11-12,14-18,21,24-26,31,34-35,40-52,54-55,57-61H2,1-6H3,(H-,66,68,70,71)/p+1/b13-10-,22-19-,23-20-,29-27-,30-28-,33-32-,38-36-,39-37-,56-53+. The molecule has 10 heteroatoms. The van der Waals surface area contributed by atoms with Gasteiger partial charge in [0.1, 0.15) is 19.3 Å². The number of phosphoric acid groups is 1. The van der Waals surface area contributed by atoms with Crippen molar-refractivity contribution in [2.75, 3.05) is 40.9 Å². The van der Waals surface area contributed by atoms with Gasteiger partial charge in [-0.3, -0.25) is 18.6 Å². The average molecular weight is 1070 g/mol. The highest BCUT2D eigenvalue weighted by Crippen LogP contribution is 2.43. The van der Waals surface area contributed by atoms with Crippen molar-refractivity contribution >= 4 is 19.7 Å². The van der Waals surface area contributed by atoms with E-state index in [1.807, 2.05) is 33.3 Å². The molecule has 0 aromatic carbocycles. The monoisotopic (exact) mass is 1070 g/mol. The number of hydrogen-bond donors (Lipinski definition) is 2. The van der Waals surface area contributed by atoms with E-state index in [0.29, 0.717) is 30.3 Å². The van der Waals surface area contributed by atoms with Crippen LogP contribution < -0.4 is 5.32 Å². The number of esters is 1. The zero-order valence-electron chi connectivity index (χ0n) is 49.0. The Morgan fingerprint density at radius 1 is 0.480 bits per heavy atom. The number of amides is 1. The second kappa shape index (κ2) is 54.0. The smallest absolute Gasteiger partial charge is 0.456 e. The molecular formula is C65H114N2O7P+. The van der Waals surface area contributed by atoms with E-state index in [0.717, 1.165) is 122 Å². The predicted octanol–water partition coefficient (Wildman–Crippen LogP) is 18.6. The van der Waals surface area contributed by atoms with Gasteiger partial charge in [0.15, 0.2) is 0 Å². The lowest BCUT2D eigenvalue weighted by Crippen LogP contribution is -2.47. The van der Waals surface area contributed by atoms with Gasteiger partial charge in [-0.15, -0.1) is 0 Å². The maximum atomic E-state index is 13.5. The van der Waals surface area contributed by atoms with E-state index in [9.17, 15) is 19.0 Å². The number of quaternary nitrogens is 1. The Morgan fingerprint density at radius 2 is 0.853 bits per heavy atom. The summed E-state index contributed by atoms with van der Waals surface area (Å²) in [5.41, 5.74) is 0. The first-order valence-corrected chi connectivity index (χ1v) is 31.7. The lowest BCUT2D eigenvalue weighted by atomic mass is 10.1. The van der Waals surface area contributed by atoms with Crippen LogP contribution in [0.2, 0.25) is 0 Å². The van der Waals surface area contributed by atoms with Crippen LogP contribution in [-0.4, -0.2) is 74.3 Å². The number of rotatable bonds is 53. The molecule has 0 fully saturated rings. The molecule has 0 saturated carbocycles. The predicted molar refractivity (Wildman–Crippen MR) is 323 cm³/mol. The van der Waals surface area contributed by atoms with Crippen molar-refractivity contribution in [1.29, 1.82) is 0 Å². The third-order valence-electron chi connectivity index (χ3n) is 12.7. The topological polar surface area (TPSA) is 111 Å². The second-order valence-electron chi connectivity index (χ2n) is 21.1. The zero-order valence-corrected chi connectivity index (χ0v) is 49.9. The molecule has 0 spiro atoms. The van der Waals surface area contributed by atoms with Gasteiger partial charge in [-0.25, -0.2) is 4.57 Å². The van der Waals surface area contributed by atoms with Gasteiger partial charge in [0.05, 0.1) is 33.8 Å². The van der Waals surface area contributed by atoms with E-state index in [1.165, 1.54) is 70.6 Å². The summed E-state index contributed by atoms with van der Waals surface area (Å²) in [6.45, 7) is 6.82. The first-order chi connectivity index (χ1) is 36.4. The normalized spacial score (nSPS) is 14.5. The highest BCUT2D eigenvalue weighted by molar-refractivity contribution is 7.47. The molecular weight excluding hydrogens is 952 g/mol. The number of allylic oxidation sites excluding steroid dienone is 17. The SMILES string of the molecule is CC/C=C\C/C=C\C/C=C\C/C=C\C/C=C\CCCCCCCC(=O)OC(/C=C/CCCCCCCCCCC)C(COP(=O)(O)OCC[N+](C)(C)C)NC(=O)CCCCCC/C=C\C/C=C\C/C=C\CCCCC. The van der Waals surface area contributed by atoms with E-state index in [2.05, 4.69) is 123 Å². The van der Waals surface area contributed by atoms with Crippen LogP contribution in [0.4, 0.5) is 0 Å². The lowest BCUT2D eigenvalue weighted by molar-refractivity contribution is -0.870. The van der Waals surface area contributed by atoms with Crippen LogP contribution in [0.3, 0.4) is 0 Å². The van der Waals surface area contributed by atoms with Gasteiger partial charge in [-0.05, 0) is 115 Å². The Labute approximate surface area is 461 Å². The zero-order chi connectivity index (χ0) is 55.0. The van der Waals surface area contributed by atoms with Crippen molar-refractivity contribution < 1.29 is 37.3 Å². The molecule has 75 heavy (non-hydrogen) atoms. The van der Waals surface area contributed by atoms with Gasteiger partial charge < -0.3 is 19.4 Å². The van der Waals surface area contributed by atoms with Crippen molar-refractivity contribution in [1.82, 2.24) is 5.32 Å². The first kappa shape index (κ1) is 71.7. The van der Waals surface area contributed by atoms with Gasteiger partial charge in [0.2, 0.25) is 5.91 Å². The molecule has 2 N–H and O–H groups in total. The fourth-order valence-corrected chi connectivity index (χ4v) is 8.77. The van der Waals surface area contributed by atoms with E-state index in [1.54, 1.807) is 0 Å². The Balaban J connectivity index is 5.33. The number of unbranched alkanes of at least 4 members (excludes halogenated alkanes) is 21. The first-order valence-electron chi connectivity index (χ1n) is 30.2. The summed E-state index contributed by atoms with van der Waals surface area (Å²) >= 11 is 0. The molecule has 1 amide bonds. The molecule has 0 aliphatic rings. The molecule has 0 rings (SSSR count). The third-order valence-corrected chi connectivity index (χ3v) is 13.7. The molecule has 9 nitrogen and oxygen atoms in total. The van der Waals surface area contributed by atoms with E-state index >= 15 is 0 Å². The number of nitrogens with zero attached hydrogens (tertiary/aromatic N) is 1. The number of nitrogens with one attached hydrogen (secondary N) is 1. The summed E-state index contributed by atoms with van der Waals surface area (Å²) in [5, 5.41) is 3.03. The largest absolute Gasteiger partial charge is 0.472 e. The number of carbonyl (C=O) groups is 2. The van der Waals surface area contributed by atoms with Gasteiger partial charge >= 0.3 is 13.8 Å². The van der Waals surface area contributed by atoms with Crippen molar-refractivity contribution in [3.63, 3.8) is 0 Å². The van der Waals surface area contributed by atoms with Crippen LogP contribution in [0, 0.1) is 0 Å². The van der Waals surface area contributed by atoms with Crippen molar-refractivity contribution in [2.24, 2.45) is 0 Å². The minimum absolute atomic E-state index is 0.0265. The molecule has 0 aromatic heterocycles. The summed E-state index contributed by atoms with van der Waals surface area (Å²) in [6, 6.07) is -0.875. The minimum Gasteiger partial charge on any atom is -0.456 e. The molecule has 0 aliphatic heterocycles. The van der Waals surface area contributed by atoms with Crippen LogP contribution in [0.5, 0.6) is 0 Å². The van der Waals surface area contributed by atoms with Crippen molar-refractivity contribution in [3.05, 3.63) is 109 Å². The van der Waals surface area contributed by atoms with E-state index < -0.39 is 20.0 Å². The Kier molecular flexibility index (Phi) is 51.6. The van der Waals surface area contributed by atoms with Gasteiger partial charge in [-0.1, -0.05) is 220 Å². The van der Waals surface area contributed by atoms with Crippen LogP contribution in [-0.2, 0) is 27.9 Å². The highest BCUT2D eigenvalue weighted by atomic mass is 31.2. The number of phosphoric ester groups is 1. The van der Waals surface area contributed by atoms with Crippen LogP contribution in [0.25, 0.3) is 0 Å². The number of hydrogen-bond acceptors (Lipinski definition) is 6. The van der Waals surface area contributed by atoms with Gasteiger partial charge in [0.25, 0.3) is 0 Å². The molecule has 0 aliphatic carbocycles. The fourth-order valence-electron chi connectivity index (χ4n) is 8.03. The number of carbonyl (C=O) groups excluding carboxylic acids is 2. The van der Waals surface area contributed by atoms with E-state index in [4.69, 9.17) is 13.8 Å². The van der Waals surface area contributed by atoms with Crippen LogP contribution >= 0.6 is 7.82 Å². The Bertz CT molecular complexity index is 1650. The summed E-state index contributed by atoms with van der Waals surface area (Å²) in [7, 11) is 1.45. The molecule has 3 atom stereocenters. The maximum Gasteiger partial charge on any atom is 0.472 e. The average Bonchev–Trinajstić information content (AvgIpc) is 3.37. The Hall–Kier alpha value is -3.33. The second-order valence-corrected chi connectivity index (χ2v) is 22.6. The van der Waals surface area contributed by atoms with Crippen LogP contribution in [0.15, 0.2) is 109 Å². The number of likely N-dealkylation sites (N-methyl/N-ethyl adjacent to an activating group) is 1. The van der Waals surface area contributed by atoms with Crippen molar-refractivity contribution in [2.45, 2.75) is 251 Å². The highest BCUT2D eigenvalue weighted by Gasteiger charge is 2.30. The quantitative estimate of drug-likeness (QED) is 0.0205. The molecule has 0 radical (unpaired) electrons. The van der Waals surface area contributed by atoms with Gasteiger partial charge in [0, 0.05) is 12.8 Å². The minimum atomic E-state index is -4.46.